The van der Waals surface area contributed by atoms with Gasteiger partial charge in [-0.2, -0.15) is 0 Å². The van der Waals surface area contributed by atoms with Crippen LogP contribution in [0.5, 0.6) is 0 Å². The lowest BCUT2D eigenvalue weighted by atomic mass is 9.78. The van der Waals surface area contributed by atoms with Crippen LogP contribution in [0.1, 0.15) is 45.4 Å². The van der Waals surface area contributed by atoms with E-state index in [-0.39, 0.29) is 5.41 Å². The van der Waals surface area contributed by atoms with E-state index in [0.717, 1.165) is 43.7 Å². The SMILES string of the molecule is CC1(C(N)=NO)CCN(CC2CC3CCC2C3)CC1. The summed E-state index contributed by atoms with van der Waals surface area (Å²) >= 11 is 0. The van der Waals surface area contributed by atoms with Crippen LogP contribution in [0.25, 0.3) is 0 Å². The van der Waals surface area contributed by atoms with E-state index in [1.54, 1.807) is 0 Å². The van der Waals surface area contributed by atoms with E-state index in [2.05, 4.69) is 17.0 Å². The fraction of sp³-hybridized carbons (Fsp3) is 0.933. The van der Waals surface area contributed by atoms with Gasteiger partial charge in [0.1, 0.15) is 5.84 Å². The molecular formula is C15H27N3O. The molecule has 0 aromatic rings. The Bertz CT molecular complexity index is 360. The van der Waals surface area contributed by atoms with E-state index >= 15 is 0 Å². The van der Waals surface area contributed by atoms with Gasteiger partial charge in [0.2, 0.25) is 0 Å². The number of nitrogens with zero attached hydrogens (tertiary/aromatic N) is 2. The molecule has 3 aliphatic rings. The highest BCUT2D eigenvalue weighted by atomic mass is 16.4. The number of amidine groups is 1. The van der Waals surface area contributed by atoms with E-state index in [1.165, 1.54) is 32.2 Å². The summed E-state index contributed by atoms with van der Waals surface area (Å²) in [7, 11) is 0. The molecule has 3 N–H and O–H groups in total. The van der Waals surface area contributed by atoms with Gasteiger partial charge in [0.15, 0.2) is 0 Å². The monoisotopic (exact) mass is 265 g/mol. The smallest absolute Gasteiger partial charge is 0.145 e. The Labute approximate surface area is 116 Å². The zero-order valence-electron chi connectivity index (χ0n) is 12.0. The van der Waals surface area contributed by atoms with Crippen LogP contribution in [0.15, 0.2) is 5.16 Å². The molecule has 3 unspecified atom stereocenters. The topological polar surface area (TPSA) is 61.9 Å². The molecule has 0 radical (unpaired) electrons. The molecule has 0 spiro atoms. The number of fused-ring (bicyclic) bond motifs is 2. The molecule has 1 aliphatic heterocycles. The van der Waals surface area contributed by atoms with Gasteiger partial charge in [0.25, 0.3) is 0 Å². The largest absolute Gasteiger partial charge is 0.409 e. The minimum atomic E-state index is -0.0973. The second-order valence-corrected chi connectivity index (χ2v) is 7.28. The summed E-state index contributed by atoms with van der Waals surface area (Å²) in [5.41, 5.74) is 5.72. The Kier molecular flexibility index (Phi) is 3.46. The molecule has 0 aromatic carbocycles. The Morgan fingerprint density at radius 2 is 2.05 bits per heavy atom. The second kappa shape index (κ2) is 4.97. The third kappa shape index (κ3) is 2.47. The van der Waals surface area contributed by atoms with Crippen molar-refractivity contribution in [1.82, 2.24) is 4.90 Å². The predicted octanol–water partition coefficient (Wildman–Crippen LogP) is 2.27. The molecule has 4 heteroatoms. The van der Waals surface area contributed by atoms with Crippen molar-refractivity contribution in [3.63, 3.8) is 0 Å². The number of rotatable bonds is 3. The third-order valence-corrected chi connectivity index (χ3v) is 6.06. The van der Waals surface area contributed by atoms with Crippen LogP contribution in [0.3, 0.4) is 0 Å². The molecule has 4 nitrogen and oxygen atoms in total. The van der Waals surface area contributed by atoms with Gasteiger partial charge < -0.3 is 15.8 Å². The highest BCUT2D eigenvalue weighted by Crippen LogP contribution is 2.48. The van der Waals surface area contributed by atoms with Crippen molar-refractivity contribution in [2.75, 3.05) is 19.6 Å². The number of nitrogens with two attached hydrogens (primary N) is 1. The molecule has 2 aliphatic carbocycles. The lowest BCUT2D eigenvalue weighted by molar-refractivity contribution is 0.123. The normalized spacial score (nSPS) is 38.8. The van der Waals surface area contributed by atoms with Gasteiger partial charge in [-0.1, -0.05) is 18.5 Å². The van der Waals surface area contributed by atoms with Gasteiger partial charge >= 0.3 is 0 Å². The predicted molar refractivity (Wildman–Crippen MR) is 76.1 cm³/mol. The Morgan fingerprint density at radius 1 is 1.32 bits per heavy atom. The van der Waals surface area contributed by atoms with Gasteiger partial charge in [-0.15, -0.1) is 0 Å². The number of hydrogen-bond donors (Lipinski definition) is 2. The summed E-state index contributed by atoms with van der Waals surface area (Å²) < 4.78 is 0. The number of likely N-dealkylation sites (tertiary alicyclic amines) is 1. The molecular weight excluding hydrogens is 238 g/mol. The van der Waals surface area contributed by atoms with Gasteiger partial charge in [-0.25, -0.2) is 0 Å². The first kappa shape index (κ1) is 13.2. The first-order valence-electron chi connectivity index (χ1n) is 7.81. The Balaban J connectivity index is 1.51. The summed E-state index contributed by atoms with van der Waals surface area (Å²) in [6.07, 6.45) is 7.97. The molecule has 3 rings (SSSR count). The maximum absolute atomic E-state index is 8.87. The Morgan fingerprint density at radius 3 is 2.58 bits per heavy atom. The van der Waals surface area contributed by atoms with Crippen LogP contribution >= 0.6 is 0 Å². The van der Waals surface area contributed by atoms with Crippen molar-refractivity contribution in [3.8, 4) is 0 Å². The summed E-state index contributed by atoms with van der Waals surface area (Å²) in [5.74, 6) is 3.42. The van der Waals surface area contributed by atoms with Crippen LogP contribution in [0, 0.1) is 23.2 Å². The van der Waals surface area contributed by atoms with Crippen LogP contribution < -0.4 is 5.73 Å². The van der Waals surface area contributed by atoms with Crippen molar-refractivity contribution in [1.29, 1.82) is 0 Å². The van der Waals surface area contributed by atoms with Gasteiger partial charge in [-0.3, -0.25) is 0 Å². The van der Waals surface area contributed by atoms with E-state index in [0.29, 0.717) is 5.84 Å². The summed E-state index contributed by atoms with van der Waals surface area (Å²) in [4.78, 5) is 2.61. The quantitative estimate of drug-likeness (QED) is 0.356. The zero-order valence-corrected chi connectivity index (χ0v) is 12.0. The van der Waals surface area contributed by atoms with E-state index in [9.17, 15) is 0 Å². The summed E-state index contributed by atoms with van der Waals surface area (Å²) in [5, 5.41) is 12.1. The average molecular weight is 265 g/mol. The highest BCUT2D eigenvalue weighted by Gasteiger charge is 2.41. The lowest BCUT2D eigenvalue weighted by Gasteiger charge is -2.40. The lowest BCUT2D eigenvalue weighted by Crippen LogP contribution is -2.47. The molecule has 19 heavy (non-hydrogen) atoms. The van der Waals surface area contributed by atoms with Gasteiger partial charge in [0.05, 0.1) is 0 Å². The van der Waals surface area contributed by atoms with Crippen molar-refractivity contribution >= 4 is 5.84 Å². The van der Waals surface area contributed by atoms with Crippen LogP contribution in [0.4, 0.5) is 0 Å². The van der Waals surface area contributed by atoms with E-state index in [4.69, 9.17) is 10.9 Å². The molecule has 3 atom stereocenters. The molecule has 1 heterocycles. The molecule has 0 aromatic heterocycles. The standard InChI is InChI=1S/C15H27N3O/c1-15(14(16)17-19)4-6-18(7-5-15)10-13-9-11-2-3-12(13)8-11/h11-13,19H,2-10H2,1H3,(H2,16,17). The molecule has 2 bridgehead atoms. The molecule has 2 saturated carbocycles. The molecule has 3 fully saturated rings. The summed E-state index contributed by atoms with van der Waals surface area (Å²) in [6.45, 7) is 5.60. The fourth-order valence-corrected chi connectivity index (χ4v) is 4.54. The minimum Gasteiger partial charge on any atom is -0.409 e. The minimum absolute atomic E-state index is 0.0973. The number of hydrogen-bond acceptors (Lipinski definition) is 3. The maximum Gasteiger partial charge on any atom is 0.145 e. The van der Waals surface area contributed by atoms with E-state index < -0.39 is 0 Å². The van der Waals surface area contributed by atoms with Gasteiger partial charge in [-0.05, 0) is 62.9 Å². The first-order valence-corrected chi connectivity index (χ1v) is 7.81. The molecule has 108 valence electrons. The highest BCUT2D eigenvalue weighted by molar-refractivity contribution is 5.85. The molecule has 0 amide bonds. The van der Waals surface area contributed by atoms with Crippen molar-refractivity contribution in [2.45, 2.75) is 45.4 Å². The second-order valence-electron chi connectivity index (χ2n) is 7.28. The van der Waals surface area contributed by atoms with Crippen LogP contribution in [-0.2, 0) is 0 Å². The summed E-state index contributed by atoms with van der Waals surface area (Å²) in [6, 6.07) is 0. The van der Waals surface area contributed by atoms with Crippen molar-refractivity contribution in [2.24, 2.45) is 34.1 Å². The zero-order chi connectivity index (χ0) is 13.5. The number of oxime groups is 1. The van der Waals surface area contributed by atoms with Crippen molar-refractivity contribution in [3.05, 3.63) is 0 Å². The first-order chi connectivity index (χ1) is 9.10. The number of piperidine rings is 1. The third-order valence-electron chi connectivity index (χ3n) is 6.06. The average Bonchev–Trinajstić information content (AvgIpc) is 3.03. The Hall–Kier alpha value is -0.770. The van der Waals surface area contributed by atoms with E-state index in [1.807, 2.05) is 0 Å². The van der Waals surface area contributed by atoms with Gasteiger partial charge in [0, 0.05) is 12.0 Å². The fourth-order valence-electron chi connectivity index (χ4n) is 4.54. The maximum atomic E-state index is 8.87. The van der Waals surface area contributed by atoms with Crippen molar-refractivity contribution < 1.29 is 5.21 Å². The van der Waals surface area contributed by atoms with Crippen LogP contribution in [0.2, 0.25) is 0 Å². The van der Waals surface area contributed by atoms with Crippen LogP contribution in [-0.4, -0.2) is 35.6 Å². The molecule has 1 saturated heterocycles.